The fourth-order valence-corrected chi connectivity index (χ4v) is 2.13. The predicted molar refractivity (Wildman–Crippen MR) is 83.7 cm³/mol. The van der Waals surface area contributed by atoms with Crippen molar-refractivity contribution >= 4 is 22.8 Å². The maximum Gasteiger partial charge on any atom is 0.347 e. The van der Waals surface area contributed by atoms with Crippen LogP contribution in [0.5, 0.6) is 0 Å². The summed E-state index contributed by atoms with van der Waals surface area (Å²) >= 11 is 0. The van der Waals surface area contributed by atoms with E-state index in [1.807, 2.05) is 19.2 Å². The monoisotopic (exact) mass is 294 g/mol. The molecule has 0 radical (unpaired) electrons. The fraction of sp³-hybridized carbons (Fsp3) is 0.118. The number of aromatic nitrogens is 2. The topological polar surface area (TPSA) is 65.1 Å². The first-order valence-electron chi connectivity index (χ1n) is 6.96. The molecule has 2 heterocycles. The Labute approximate surface area is 126 Å². The van der Waals surface area contributed by atoms with Crippen LogP contribution in [0.25, 0.3) is 17.0 Å². The first-order chi connectivity index (χ1) is 10.7. The molecule has 1 aromatic carbocycles. The van der Waals surface area contributed by atoms with E-state index in [0.29, 0.717) is 16.7 Å². The molecule has 0 aliphatic rings. The smallest absolute Gasteiger partial charge is 0.347 e. The number of carbonyl (C=O) groups is 1. The van der Waals surface area contributed by atoms with E-state index in [2.05, 4.69) is 5.10 Å². The Hall–Kier alpha value is -2.95. The van der Waals surface area contributed by atoms with Crippen molar-refractivity contribution in [3.8, 4) is 0 Å². The van der Waals surface area contributed by atoms with Crippen LogP contribution in [-0.2, 0) is 6.54 Å². The van der Waals surface area contributed by atoms with Gasteiger partial charge in [0.25, 0.3) is 0 Å². The number of nitrogens with zero attached hydrogens (tertiary/aromatic N) is 2. The summed E-state index contributed by atoms with van der Waals surface area (Å²) in [5.74, 6) is -0.398. The van der Waals surface area contributed by atoms with Crippen molar-refractivity contribution in [2.45, 2.75) is 13.5 Å². The van der Waals surface area contributed by atoms with Crippen molar-refractivity contribution in [2.24, 2.45) is 0 Å². The molecule has 0 aliphatic carbocycles. The number of fused-ring (bicyclic) bond motifs is 1. The Balaban J connectivity index is 1.91. The molecule has 0 saturated carbocycles. The number of allylic oxidation sites excluding steroid dienone is 1. The van der Waals surface area contributed by atoms with Crippen LogP contribution >= 0.6 is 0 Å². The van der Waals surface area contributed by atoms with Gasteiger partial charge in [-0.2, -0.15) is 5.10 Å². The first kappa shape index (κ1) is 14.0. The maximum atomic E-state index is 12.2. The van der Waals surface area contributed by atoms with E-state index in [0.717, 1.165) is 6.54 Å². The van der Waals surface area contributed by atoms with E-state index in [4.69, 9.17) is 4.42 Å². The average molecular weight is 294 g/mol. The van der Waals surface area contributed by atoms with Gasteiger partial charge in [0.15, 0.2) is 5.78 Å². The van der Waals surface area contributed by atoms with Crippen LogP contribution in [0.4, 0.5) is 0 Å². The summed E-state index contributed by atoms with van der Waals surface area (Å²) < 4.78 is 6.92. The molecule has 2 aromatic heterocycles. The molecule has 5 nitrogen and oxygen atoms in total. The van der Waals surface area contributed by atoms with Gasteiger partial charge in [0.2, 0.25) is 0 Å². The number of para-hydroxylation sites is 1. The van der Waals surface area contributed by atoms with E-state index in [9.17, 15) is 9.59 Å². The Morgan fingerprint density at radius 2 is 2.14 bits per heavy atom. The minimum atomic E-state index is -0.632. The van der Waals surface area contributed by atoms with Crippen LogP contribution in [0.2, 0.25) is 0 Å². The van der Waals surface area contributed by atoms with Gasteiger partial charge in [-0.1, -0.05) is 18.2 Å². The SMILES string of the molecule is CCn1ccc(/C=C/C(=O)c2cc3ccccc3oc2=O)n1. The summed E-state index contributed by atoms with van der Waals surface area (Å²) in [6.07, 6.45) is 4.75. The van der Waals surface area contributed by atoms with Gasteiger partial charge in [-0.15, -0.1) is 0 Å². The molecule has 0 amide bonds. The van der Waals surface area contributed by atoms with Gasteiger partial charge in [-0.25, -0.2) is 4.79 Å². The maximum absolute atomic E-state index is 12.2. The lowest BCUT2D eigenvalue weighted by Gasteiger charge is -1.98. The van der Waals surface area contributed by atoms with Crippen LogP contribution in [0, 0.1) is 0 Å². The minimum absolute atomic E-state index is 0.0184. The molecular weight excluding hydrogens is 280 g/mol. The molecule has 0 unspecified atom stereocenters. The van der Waals surface area contributed by atoms with Crippen LogP contribution in [0.1, 0.15) is 23.0 Å². The van der Waals surface area contributed by atoms with Crippen molar-refractivity contribution < 1.29 is 9.21 Å². The van der Waals surface area contributed by atoms with E-state index in [1.54, 1.807) is 41.1 Å². The molecule has 3 aromatic rings. The summed E-state index contributed by atoms with van der Waals surface area (Å²) in [6, 6.07) is 10.4. The van der Waals surface area contributed by atoms with E-state index >= 15 is 0 Å². The molecule has 0 bridgehead atoms. The molecule has 3 rings (SSSR count). The highest BCUT2D eigenvalue weighted by Crippen LogP contribution is 2.13. The van der Waals surface area contributed by atoms with Gasteiger partial charge < -0.3 is 4.42 Å². The van der Waals surface area contributed by atoms with Gasteiger partial charge in [-0.05, 0) is 37.3 Å². The average Bonchev–Trinajstić information content (AvgIpc) is 3.00. The van der Waals surface area contributed by atoms with Crippen molar-refractivity contribution in [2.75, 3.05) is 0 Å². The number of hydrogen-bond acceptors (Lipinski definition) is 4. The third-order valence-corrected chi connectivity index (χ3v) is 3.30. The third-order valence-electron chi connectivity index (χ3n) is 3.30. The number of aryl methyl sites for hydroxylation is 1. The van der Waals surface area contributed by atoms with E-state index < -0.39 is 11.4 Å². The largest absolute Gasteiger partial charge is 0.422 e. The highest BCUT2D eigenvalue weighted by atomic mass is 16.4. The molecule has 0 spiro atoms. The summed E-state index contributed by atoms with van der Waals surface area (Å²) in [5.41, 5.74) is 0.521. The minimum Gasteiger partial charge on any atom is -0.422 e. The molecule has 0 aliphatic heterocycles. The zero-order chi connectivity index (χ0) is 15.5. The Bertz CT molecular complexity index is 919. The van der Waals surface area contributed by atoms with Gasteiger partial charge in [0.1, 0.15) is 11.1 Å². The fourth-order valence-electron chi connectivity index (χ4n) is 2.13. The van der Waals surface area contributed by atoms with Crippen molar-refractivity contribution in [1.29, 1.82) is 0 Å². The second kappa shape index (κ2) is 5.81. The lowest BCUT2D eigenvalue weighted by molar-refractivity contribution is 0.104. The second-order valence-corrected chi connectivity index (χ2v) is 4.78. The molecular formula is C17H14N2O3. The number of carbonyl (C=O) groups excluding carboxylic acids is 1. The number of benzene rings is 1. The van der Waals surface area contributed by atoms with Gasteiger partial charge in [-0.3, -0.25) is 9.48 Å². The molecule has 110 valence electrons. The molecule has 0 N–H and O–H groups in total. The van der Waals surface area contributed by atoms with Crippen LogP contribution in [0.15, 0.2) is 57.9 Å². The normalized spacial score (nSPS) is 11.3. The Morgan fingerprint density at radius 3 is 2.91 bits per heavy atom. The number of rotatable bonds is 4. The second-order valence-electron chi connectivity index (χ2n) is 4.78. The molecule has 5 heteroatoms. The Kier molecular flexibility index (Phi) is 3.70. The van der Waals surface area contributed by atoms with Gasteiger partial charge in [0, 0.05) is 18.1 Å². The van der Waals surface area contributed by atoms with E-state index in [-0.39, 0.29) is 5.56 Å². The van der Waals surface area contributed by atoms with Crippen LogP contribution < -0.4 is 5.63 Å². The molecule has 0 saturated heterocycles. The number of hydrogen-bond donors (Lipinski definition) is 0. The number of ketones is 1. The van der Waals surface area contributed by atoms with Crippen molar-refractivity contribution in [3.63, 3.8) is 0 Å². The zero-order valence-electron chi connectivity index (χ0n) is 12.0. The van der Waals surface area contributed by atoms with Gasteiger partial charge >= 0.3 is 5.63 Å². The molecule has 0 atom stereocenters. The summed E-state index contributed by atoms with van der Waals surface area (Å²) in [5, 5.41) is 4.96. The summed E-state index contributed by atoms with van der Waals surface area (Å²) in [7, 11) is 0. The first-order valence-corrected chi connectivity index (χ1v) is 6.96. The van der Waals surface area contributed by atoms with Crippen LogP contribution in [-0.4, -0.2) is 15.6 Å². The molecule has 22 heavy (non-hydrogen) atoms. The van der Waals surface area contributed by atoms with E-state index in [1.165, 1.54) is 6.08 Å². The summed E-state index contributed by atoms with van der Waals surface area (Å²) in [6.45, 7) is 2.74. The van der Waals surface area contributed by atoms with Crippen LogP contribution in [0.3, 0.4) is 0 Å². The lowest BCUT2D eigenvalue weighted by Crippen LogP contribution is -2.11. The predicted octanol–water partition coefficient (Wildman–Crippen LogP) is 2.91. The summed E-state index contributed by atoms with van der Waals surface area (Å²) in [4.78, 5) is 24.1. The lowest BCUT2D eigenvalue weighted by atomic mass is 10.1. The van der Waals surface area contributed by atoms with Gasteiger partial charge in [0.05, 0.1) is 5.69 Å². The highest BCUT2D eigenvalue weighted by molar-refractivity contribution is 6.07. The van der Waals surface area contributed by atoms with Crippen molar-refractivity contribution in [1.82, 2.24) is 9.78 Å². The highest BCUT2D eigenvalue weighted by Gasteiger charge is 2.11. The molecule has 0 fully saturated rings. The Morgan fingerprint density at radius 1 is 1.32 bits per heavy atom. The quantitative estimate of drug-likeness (QED) is 0.421. The standard InChI is InChI=1S/C17H14N2O3/c1-2-19-10-9-13(18-19)7-8-15(20)14-11-12-5-3-4-6-16(12)22-17(14)21/h3-11H,2H2,1H3/b8-7+. The zero-order valence-corrected chi connectivity index (χ0v) is 12.0. The third kappa shape index (κ3) is 2.74. The van der Waals surface area contributed by atoms with Crippen molar-refractivity contribution in [3.05, 3.63) is 70.3 Å².